The van der Waals surface area contributed by atoms with E-state index in [2.05, 4.69) is 47.8 Å². The van der Waals surface area contributed by atoms with Crippen LogP contribution < -0.4 is 0 Å². The highest BCUT2D eigenvalue weighted by atomic mass is 15.1. The Morgan fingerprint density at radius 3 is 2.35 bits per heavy atom. The van der Waals surface area contributed by atoms with Gasteiger partial charge in [0.15, 0.2) is 0 Å². The minimum absolute atomic E-state index is 0.761. The van der Waals surface area contributed by atoms with Crippen molar-refractivity contribution in [1.29, 1.82) is 0 Å². The Kier molecular flexibility index (Phi) is 5.17. The Balaban J connectivity index is 2.33. The summed E-state index contributed by atoms with van der Waals surface area (Å²) in [4.78, 5) is 6.30. The van der Waals surface area contributed by atoms with Crippen molar-refractivity contribution in [2.24, 2.45) is 0 Å². The fraction of sp³-hybridized carbons (Fsp3) is 0.190. The van der Waals surface area contributed by atoms with Crippen LogP contribution in [-0.4, -0.2) is 16.9 Å². The smallest absolute Gasteiger partial charge is 0.0432 e. The molecule has 1 aromatic heterocycles. The van der Waals surface area contributed by atoms with Crippen LogP contribution in [0, 0.1) is 0 Å². The van der Waals surface area contributed by atoms with Crippen molar-refractivity contribution in [1.82, 2.24) is 9.88 Å². The molecular formula is C21H24N2. The number of hydrogen-bond donors (Lipinski definition) is 0. The monoisotopic (exact) mass is 304 g/mol. The molecule has 23 heavy (non-hydrogen) atoms. The number of aromatic nitrogens is 1. The maximum atomic E-state index is 4.20. The molecule has 2 rings (SSSR count). The van der Waals surface area contributed by atoms with Crippen molar-refractivity contribution in [2.45, 2.75) is 20.4 Å². The average molecular weight is 304 g/mol. The van der Waals surface area contributed by atoms with Gasteiger partial charge in [-0.2, -0.15) is 0 Å². The van der Waals surface area contributed by atoms with Crippen LogP contribution in [0.3, 0.4) is 0 Å². The molecule has 0 radical (unpaired) electrons. The van der Waals surface area contributed by atoms with Crippen LogP contribution in [0.25, 0.3) is 16.8 Å². The molecule has 0 aliphatic rings. The second kappa shape index (κ2) is 7.10. The maximum absolute atomic E-state index is 4.20. The first-order chi connectivity index (χ1) is 10.9. The molecule has 2 heteroatoms. The van der Waals surface area contributed by atoms with E-state index in [1.807, 2.05) is 39.2 Å². The van der Waals surface area contributed by atoms with Gasteiger partial charge in [0.05, 0.1) is 0 Å². The Morgan fingerprint density at radius 1 is 1.04 bits per heavy atom. The van der Waals surface area contributed by atoms with Crippen molar-refractivity contribution in [3.05, 3.63) is 84.7 Å². The van der Waals surface area contributed by atoms with Gasteiger partial charge in [-0.1, -0.05) is 49.1 Å². The fourth-order valence-electron chi connectivity index (χ4n) is 2.70. The van der Waals surface area contributed by atoms with Gasteiger partial charge in [-0.25, -0.2) is 0 Å². The molecule has 0 fully saturated rings. The standard InChI is InChI=1S/C21H24N2/c1-15(2)20-11-7-9-19(21(20)16(3)4)14-23(6)17(5)18-10-8-12-22-13-18/h7-13H,1,3,5,14H2,2,4,6H3. The molecule has 0 aliphatic carbocycles. The van der Waals surface area contributed by atoms with Crippen LogP contribution in [-0.2, 0) is 6.54 Å². The van der Waals surface area contributed by atoms with Gasteiger partial charge in [-0.3, -0.25) is 4.98 Å². The number of nitrogens with zero attached hydrogens (tertiary/aromatic N) is 2. The summed E-state index contributed by atoms with van der Waals surface area (Å²) in [6.45, 7) is 17.3. The fourth-order valence-corrected chi connectivity index (χ4v) is 2.70. The van der Waals surface area contributed by atoms with Gasteiger partial charge in [0.25, 0.3) is 0 Å². The summed E-state index contributed by atoms with van der Waals surface area (Å²) >= 11 is 0. The van der Waals surface area contributed by atoms with Gasteiger partial charge in [-0.15, -0.1) is 0 Å². The first-order valence-corrected chi connectivity index (χ1v) is 7.66. The van der Waals surface area contributed by atoms with E-state index < -0.39 is 0 Å². The van der Waals surface area contributed by atoms with Gasteiger partial charge in [0.2, 0.25) is 0 Å². The molecule has 1 aromatic carbocycles. The third-order valence-electron chi connectivity index (χ3n) is 3.90. The largest absolute Gasteiger partial charge is 0.370 e. The van der Waals surface area contributed by atoms with Crippen molar-refractivity contribution < 1.29 is 0 Å². The summed E-state index contributed by atoms with van der Waals surface area (Å²) in [5.41, 5.74) is 7.67. The lowest BCUT2D eigenvalue weighted by molar-refractivity contribution is 0.475. The molecule has 0 saturated heterocycles. The first kappa shape index (κ1) is 16.8. The highest BCUT2D eigenvalue weighted by Gasteiger charge is 2.13. The molecule has 0 atom stereocenters. The van der Waals surface area contributed by atoms with Gasteiger partial charge in [0.1, 0.15) is 0 Å². The Hall–Kier alpha value is -2.61. The molecule has 0 spiro atoms. The summed E-state index contributed by atoms with van der Waals surface area (Å²) in [6.07, 6.45) is 3.61. The number of rotatable bonds is 6. The Labute approximate surface area is 139 Å². The number of hydrogen-bond acceptors (Lipinski definition) is 2. The van der Waals surface area contributed by atoms with E-state index in [0.717, 1.165) is 34.5 Å². The molecule has 0 unspecified atom stereocenters. The summed E-state index contributed by atoms with van der Waals surface area (Å²) in [6, 6.07) is 10.3. The predicted octanol–water partition coefficient (Wildman–Crippen LogP) is 5.25. The first-order valence-electron chi connectivity index (χ1n) is 7.66. The highest BCUT2D eigenvalue weighted by Crippen LogP contribution is 2.29. The summed E-state index contributed by atoms with van der Waals surface area (Å²) in [5, 5.41) is 0. The Morgan fingerprint density at radius 2 is 1.78 bits per heavy atom. The highest BCUT2D eigenvalue weighted by molar-refractivity contribution is 5.78. The molecule has 0 N–H and O–H groups in total. The van der Waals surface area contributed by atoms with Crippen LogP contribution in [0.15, 0.2) is 62.5 Å². The zero-order chi connectivity index (χ0) is 17.0. The minimum Gasteiger partial charge on any atom is -0.370 e. The lowest BCUT2D eigenvalue weighted by atomic mass is 9.92. The number of pyridine rings is 1. The van der Waals surface area contributed by atoms with E-state index in [9.17, 15) is 0 Å². The quantitative estimate of drug-likeness (QED) is 0.724. The van der Waals surface area contributed by atoms with E-state index >= 15 is 0 Å². The van der Waals surface area contributed by atoms with Crippen LogP contribution in [0.2, 0.25) is 0 Å². The molecule has 2 aromatic rings. The van der Waals surface area contributed by atoms with Gasteiger partial charge in [0, 0.05) is 37.2 Å². The van der Waals surface area contributed by atoms with Crippen molar-refractivity contribution >= 4 is 16.8 Å². The van der Waals surface area contributed by atoms with E-state index in [-0.39, 0.29) is 0 Å². The third kappa shape index (κ3) is 3.78. The molecule has 118 valence electrons. The van der Waals surface area contributed by atoms with E-state index in [4.69, 9.17) is 0 Å². The molecule has 0 amide bonds. The van der Waals surface area contributed by atoms with Crippen LogP contribution in [0.4, 0.5) is 0 Å². The topological polar surface area (TPSA) is 16.1 Å². The van der Waals surface area contributed by atoms with Crippen molar-refractivity contribution in [3.8, 4) is 0 Å². The van der Waals surface area contributed by atoms with E-state index in [1.54, 1.807) is 6.20 Å². The SMILES string of the molecule is C=C(C)c1cccc(CN(C)C(=C)c2cccnc2)c1C(=C)C. The summed E-state index contributed by atoms with van der Waals surface area (Å²) in [7, 11) is 2.05. The van der Waals surface area contributed by atoms with Gasteiger partial charge < -0.3 is 4.90 Å². The predicted molar refractivity (Wildman–Crippen MR) is 101 cm³/mol. The third-order valence-corrected chi connectivity index (χ3v) is 3.90. The summed E-state index contributed by atoms with van der Waals surface area (Å²) in [5.74, 6) is 0. The van der Waals surface area contributed by atoms with Crippen LogP contribution in [0.5, 0.6) is 0 Å². The van der Waals surface area contributed by atoms with Crippen molar-refractivity contribution in [3.63, 3.8) is 0 Å². The zero-order valence-electron chi connectivity index (χ0n) is 14.3. The second-order valence-corrected chi connectivity index (χ2v) is 5.94. The van der Waals surface area contributed by atoms with Crippen LogP contribution in [0.1, 0.15) is 36.1 Å². The lowest BCUT2D eigenvalue weighted by Gasteiger charge is -2.24. The second-order valence-electron chi connectivity index (χ2n) is 5.94. The van der Waals surface area contributed by atoms with Crippen molar-refractivity contribution in [2.75, 3.05) is 7.05 Å². The van der Waals surface area contributed by atoms with E-state index in [1.165, 1.54) is 11.1 Å². The lowest BCUT2D eigenvalue weighted by Crippen LogP contribution is -2.17. The molecule has 1 heterocycles. The van der Waals surface area contributed by atoms with E-state index in [0.29, 0.717) is 0 Å². The van der Waals surface area contributed by atoms with Crippen LogP contribution >= 0.6 is 0 Å². The maximum Gasteiger partial charge on any atom is 0.0432 e. The van der Waals surface area contributed by atoms with Gasteiger partial charge in [-0.05, 0) is 42.7 Å². The molecule has 0 saturated carbocycles. The van der Waals surface area contributed by atoms with Gasteiger partial charge >= 0.3 is 0 Å². The number of benzene rings is 1. The minimum atomic E-state index is 0.761. The normalized spacial score (nSPS) is 10.2. The average Bonchev–Trinajstić information content (AvgIpc) is 2.54. The zero-order valence-corrected chi connectivity index (χ0v) is 14.3. The molecule has 2 nitrogen and oxygen atoms in total. The molecule has 0 aliphatic heterocycles. The molecular weight excluding hydrogens is 280 g/mol. The Bertz CT molecular complexity index is 742. The molecule has 0 bridgehead atoms. The number of allylic oxidation sites excluding steroid dienone is 2. The summed E-state index contributed by atoms with van der Waals surface area (Å²) < 4.78 is 0.